The summed E-state index contributed by atoms with van der Waals surface area (Å²) in [5.74, 6) is 0.502. The molecule has 0 radical (unpaired) electrons. The van der Waals surface area contributed by atoms with Gasteiger partial charge in [0.05, 0.1) is 12.1 Å². The van der Waals surface area contributed by atoms with Crippen LogP contribution >= 0.6 is 0 Å². The van der Waals surface area contributed by atoms with Crippen LogP contribution in [0.2, 0.25) is 0 Å². The van der Waals surface area contributed by atoms with E-state index in [2.05, 4.69) is 17.2 Å². The van der Waals surface area contributed by atoms with Crippen LogP contribution in [0.3, 0.4) is 0 Å². The summed E-state index contributed by atoms with van der Waals surface area (Å²) in [5, 5.41) is 19.6. The first-order valence-corrected chi connectivity index (χ1v) is 7.35. The summed E-state index contributed by atoms with van der Waals surface area (Å²) in [4.78, 5) is 10.5. The minimum atomic E-state index is -0.363. The first-order valence-electron chi connectivity index (χ1n) is 7.35. The number of nitro groups is 1. The molecular formula is C13H24N4O2. The van der Waals surface area contributed by atoms with Gasteiger partial charge in [0.25, 0.3) is 0 Å². The minimum absolute atomic E-state index is 0.155. The Labute approximate surface area is 114 Å². The highest BCUT2D eigenvalue weighted by Gasteiger charge is 2.29. The molecule has 0 amide bonds. The molecule has 2 fully saturated rings. The average molecular weight is 268 g/mol. The van der Waals surface area contributed by atoms with E-state index in [9.17, 15) is 10.1 Å². The second-order valence-corrected chi connectivity index (χ2v) is 6.10. The van der Waals surface area contributed by atoms with Crippen LogP contribution < -0.4 is 5.73 Å². The van der Waals surface area contributed by atoms with Crippen molar-refractivity contribution in [1.82, 2.24) is 0 Å². The highest BCUT2D eigenvalue weighted by molar-refractivity contribution is 4.84. The van der Waals surface area contributed by atoms with Gasteiger partial charge >= 0.3 is 0 Å². The largest absolute Gasteiger partial charge is 0.328 e. The van der Waals surface area contributed by atoms with E-state index < -0.39 is 0 Å². The molecule has 0 saturated heterocycles. The molecule has 0 heterocycles. The molecular weight excluding hydrogens is 244 g/mol. The first-order chi connectivity index (χ1) is 9.06. The SMILES string of the molecule is CC1CC(N)CCC1N=NC1CCC([N+](=O)[O-])CC1. The maximum absolute atomic E-state index is 10.7. The lowest BCUT2D eigenvalue weighted by molar-refractivity contribution is -0.526. The summed E-state index contributed by atoms with van der Waals surface area (Å²) in [6, 6.07) is 0.446. The molecule has 6 heteroatoms. The fourth-order valence-corrected chi connectivity index (χ4v) is 3.16. The lowest BCUT2D eigenvalue weighted by Gasteiger charge is -2.29. The van der Waals surface area contributed by atoms with Crippen LogP contribution in [0, 0.1) is 16.0 Å². The molecule has 108 valence electrons. The molecule has 2 saturated carbocycles. The topological polar surface area (TPSA) is 93.9 Å². The molecule has 0 spiro atoms. The number of hydrogen-bond donors (Lipinski definition) is 1. The molecule has 2 aliphatic rings. The van der Waals surface area contributed by atoms with Gasteiger partial charge in [-0.15, -0.1) is 0 Å². The third kappa shape index (κ3) is 3.96. The van der Waals surface area contributed by atoms with Gasteiger partial charge in [-0.1, -0.05) is 6.92 Å². The van der Waals surface area contributed by atoms with Gasteiger partial charge < -0.3 is 5.73 Å². The van der Waals surface area contributed by atoms with Gasteiger partial charge in [-0.05, 0) is 38.0 Å². The van der Waals surface area contributed by atoms with Gasteiger partial charge in [0, 0.05) is 23.8 Å². The average Bonchev–Trinajstić information content (AvgIpc) is 2.38. The summed E-state index contributed by atoms with van der Waals surface area (Å²) in [6.07, 6.45) is 5.96. The summed E-state index contributed by atoms with van der Waals surface area (Å²) in [5.41, 5.74) is 5.93. The van der Waals surface area contributed by atoms with E-state index in [0.29, 0.717) is 30.8 Å². The van der Waals surface area contributed by atoms with Gasteiger partial charge in [-0.25, -0.2) is 0 Å². The molecule has 2 aliphatic carbocycles. The second kappa shape index (κ2) is 6.41. The fraction of sp³-hybridized carbons (Fsp3) is 1.00. The third-order valence-corrected chi connectivity index (χ3v) is 4.51. The van der Waals surface area contributed by atoms with Gasteiger partial charge in [0.2, 0.25) is 6.04 Å². The van der Waals surface area contributed by atoms with Gasteiger partial charge in [0.15, 0.2) is 0 Å². The van der Waals surface area contributed by atoms with Gasteiger partial charge in [-0.2, -0.15) is 10.2 Å². The predicted octanol–water partition coefficient (Wildman–Crippen LogP) is 2.54. The van der Waals surface area contributed by atoms with Crippen LogP contribution in [0.15, 0.2) is 10.2 Å². The van der Waals surface area contributed by atoms with E-state index in [1.165, 1.54) is 0 Å². The molecule has 2 rings (SSSR count). The monoisotopic (exact) mass is 268 g/mol. The maximum Gasteiger partial charge on any atom is 0.213 e. The van der Waals surface area contributed by atoms with Crippen LogP contribution in [0.1, 0.15) is 51.9 Å². The predicted molar refractivity (Wildman–Crippen MR) is 72.7 cm³/mol. The third-order valence-electron chi connectivity index (χ3n) is 4.51. The zero-order chi connectivity index (χ0) is 13.8. The Hall–Kier alpha value is -1.04. The molecule has 2 N–H and O–H groups in total. The Balaban J connectivity index is 1.79. The van der Waals surface area contributed by atoms with E-state index in [1.807, 2.05) is 0 Å². The van der Waals surface area contributed by atoms with Crippen molar-refractivity contribution in [2.45, 2.75) is 76.0 Å². The van der Waals surface area contributed by atoms with Crippen molar-refractivity contribution in [3.05, 3.63) is 10.1 Å². The Morgan fingerprint density at radius 3 is 2.37 bits per heavy atom. The zero-order valence-electron chi connectivity index (χ0n) is 11.6. The van der Waals surface area contributed by atoms with E-state index >= 15 is 0 Å². The number of nitrogens with two attached hydrogens (primary N) is 1. The van der Waals surface area contributed by atoms with Crippen molar-refractivity contribution in [2.75, 3.05) is 0 Å². The molecule has 3 unspecified atom stereocenters. The van der Waals surface area contributed by atoms with Crippen molar-refractivity contribution >= 4 is 0 Å². The van der Waals surface area contributed by atoms with Gasteiger partial charge in [0.1, 0.15) is 0 Å². The lowest BCUT2D eigenvalue weighted by Crippen LogP contribution is -2.34. The smallest absolute Gasteiger partial charge is 0.213 e. The summed E-state index contributed by atoms with van der Waals surface area (Å²) in [6.45, 7) is 2.19. The highest BCUT2D eigenvalue weighted by Crippen LogP contribution is 2.28. The van der Waals surface area contributed by atoms with E-state index in [-0.39, 0.29) is 17.0 Å². The lowest BCUT2D eigenvalue weighted by atomic mass is 9.84. The van der Waals surface area contributed by atoms with Crippen LogP contribution in [0.5, 0.6) is 0 Å². The van der Waals surface area contributed by atoms with Crippen molar-refractivity contribution in [2.24, 2.45) is 21.9 Å². The highest BCUT2D eigenvalue weighted by atomic mass is 16.6. The van der Waals surface area contributed by atoms with Crippen LogP contribution in [-0.4, -0.2) is 29.1 Å². The summed E-state index contributed by atoms with van der Waals surface area (Å²) >= 11 is 0. The maximum atomic E-state index is 10.7. The Morgan fingerprint density at radius 2 is 1.79 bits per heavy atom. The number of hydrogen-bond acceptors (Lipinski definition) is 5. The summed E-state index contributed by atoms with van der Waals surface area (Å²) in [7, 11) is 0. The normalized spacial score (nSPS) is 40.4. The minimum Gasteiger partial charge on any atom is -0.328 e. The Morgan fingerprint density at radius 1 is 1.11 bits per heavy atom. The van der Waals surface area contributed by atoms with E-state index in [0.717, 1.165) is 32.1 Å². The molecule has 19 heavy (non-hydrogen) atoms. The molecule has 0 aliphatic heterocycles. The molecule has 0 aromatic carbocycles. The Kier molecular flexibility index (Phi) is 4.85. The number of nitrogens with zero attached hydrogens (tertiary/aromatic N) is 3. The van der Waals surface area contributed by atoms with Crippen molar-refractivity contribution in [1.29, 1.82) is 0 Å². The summed E-state index contributed by atoms with van der Waals surface area (Å²) < 4.78 is 0. The molecule has 0 bridgehead atoms. The van der Waals surface area contributed by atoms with Crippen LogP contribution in [0.25, 0.3) is 0 Å². The zero-order valence-corrected chi connectivity index (χ0v) is 11.6. The number of rotatable bonds is 3. The van der Waals surface area contributed by atoms with Crippen LogP contribution in [-0.2, 0) is 0 Å². The van der Waals surface area contributed by atoms with Gasteiger partial charge in [-0.3, -0.25) is 10.1 Å². The standard InChI is InChI=1S/C13H24N4O2/c1-9-8-10(14)2-7-13(9)16-15-11-3-5-12(6-4-11)17(18)19/h9-13H,2-8,14H2,1H3. The molecule has 0 aromatic rings. The molecule has 0 aromatic heterocycles. The van der Waals surface area contributed by atoms with Crippen molar-refractivity contribution in [3.8, 4) is 0 Å². The van der Waals surface area contributed by atoms with Crippen molar-refractivity contribution in [3.63, 3.8) is 0 Å². The Bertz CT molecular complexity index is 340. The fourth-order valence-electron chi connectivity index (χ4n) is 3.16. The first kappa shape index (κ1) is 14.4. The van der Waals surface area contributed by atoms with Crippen molar-refractivity contribution < 1.29 is 4.92 Å². The number of azo groups is 1. The quantitative estimate of drug-likeness (QED) is 0.484. The molecule has 6 nitrogen and oxygen atoms in total. The van der Waals surface area contributed by atoms with E-state index in [4.69, 9.17) is 5.73 Å². The molecule has 3 atom stereocenters. The van der Waals surface area contributed by atoms with Crippen LogP contribution in [0.4, 0.5) is 0 Å². The second-order valence-electron chi connectivity index (χ2n) is 6.10. The van der Waals surface area contributed by atoms with E-state index in [1.54, 1.807) is 0 Å².